The summed E-state index contributed by atoms with van der Waals surface area (Å²) in [6, 6.07) is 3.81. The normalized spacial score (nSPS) is 19.4. The van der Waals surface area contributed by atoms with Crippen LogP contribution in [0.2, 0.25) is 0 Å². The predicted molar refractivity (Wildman–Crippen MR) is 77.7 cm³/mol. The molecule has 0 bridgehead atoms. The summed E-state index contributed by atoms with van der Waals surface area (Å²) in [7, 11) is 0. The number of ether oxygens (including phenoxy) is 1. The number of halogens is 2. The van der Waals surface area contributed by atoms with Crippen LogP contribution >= 0.6 is 0 Å². The lowest BCUT2D eigenvalue weighted by atomic mass is 9.90. The summed E-state index contributed by atoms with van der Waals surface area (Å²) in [5, 5.41) is 10.3. The van der Waals surface area contributed by atoms with Gasteiger partial charge >= 0.3 is 6.61 Å². The van der Waals surface area contributed by atoms with E-state index < -0.39 is 12.7 Å². The number of rotatable bonds is 4. The zero-order valence-corrected chi connectivity index (χ0v) is 12.9. The van der Waals surface area contributed by atoms with E-state index >= 15 is 0 Å². The van der Waals surface area contributed by atoms with Gasteiger partial charge in [-0.3, -0.25) is 4.90 Å². The van der Waals surface area contributed by atoms with Crippen LogP contribution in [-0.4, -0.2) is 29.2 Å². The highest BCUT2D eigenvalue weighted by atomic mass is 19.3. The zero-order valence-electron chi connectivity index (χ0n) is 12.9. The third-order valence-corrected chi connectivity index (χ3v) is 3.98. The minimum atomic E-state index is -2.85. The highest BCUT2D eigenvalue weighted by molar-refractivity contribution is 5.46. The SMILES string of the molecule is CC(C)c1cc2c(cc1OC(F)F)C(O)CN(C(C)C)C2. The molecule has 118 valence electrons. The first-order valence-electron chi connectivity index (χ1n) is 7.33. The van der Waals surface area contributed by atoms with E-state index in [9.17, 15) is 13.9 Å². The van der Waals surface area contributed by atoms with Gasteiger partial charge in [-0.15, -0.1) is 0 Å². The number of hydrogen-bond donors (Lipinski definition) is 1. The van der Waals surface area contributed by atoms with E-state index in [-0.39, 0.29) is 11.7 Å². The molecule has 1 aromatic carbocycles. The summed E-state index contributed by atoms with van der Waals surface area (Å²) in [5.41, 5.74) is 2.45. The van der Waals surface area contributed by atoms with Crippen molar-refractivity contribution in [2.45, 2.75) is 58.9 Å². The van der Waals surface area contributed by atoms with Crippen molar-refractivity contribution in [3.05, 3.63) is 28.8 Å². The molecule has 0 radical (unpaired) electrons. The smallest absolute Gasteiger partial charge is 0.387 e. The fraction of sp³-hybridized carbons (Fsp3) is 0.625. The molecule has 1 aromatic rings. The van der Waals surface area contributed by atoms with Gasteiger partial charge in [0.1, 0.15) is 5.75 Å². The van der Waals surface area contributed by atoms with Crippen LogP contribution in [0.1, 0.15) is 56.4 Å². The summed E-state index contributed by atoms with van der Waals surface area (Å²) >= 11 is 0. The number of fused-ring (bicyclic) bond motifs is 1. The summed E-state index contributed by atoms with van der Waals surface area (Å²) in [5.74, 6) is 0.256. The summed E-state index contributed by atoms with van der Waals surface area (Å²) in [4.78, 5) is 2.17. The first-order valence-corrected chi connectivity index (χ1v) is 7.33. The molecule has 1 atom stereocenters. The molecule has 1 aliphatic rings. The van der Waals surface area contributed by atoms with Gasteiger partial charge in [0.25, 0.3) is 0 Å². The Kier molecular flexibility index (Phi) is 4.84. The maximum Gasteiger partial charge on any atom is 0.387 e. The van der Waals surface area contributed by atoms with Gasteiger partial charge in [-0.25, -0.2) is 0 Å². The van der Waals surface area contributed by atoms with Gasteiger partial charge in [0.2, 0.25) is 0 Å². The van der Waals surface area contributed by atoms with Crippen molar-refractivity contribution in [2.75, 3.05) is 6.54 Å². The molecule has 0 aliphatic carbocycles. The number of hydrogen-bond acceptors (Lipinski definition) is 3. The first-order chi connectivity index (χ1) is 9.79. The Hall–Kier alpha value is -1.20. The van der Waals surface area contributed by atoms with Crippen molar-refractivity contribution in [1.29, 1.82) is 0 Å². The van der Waals surface area contributed by atoms with Crippen molar-refractivity contribution >= 4 is 0 Å². The quantitative estimate of drug-likeness (QED) is 0.921. The molecule has 3 nitrogen and oxygen atoms in total. The lowest BCUT2D eigenvalue weighted by molar-refractivity contribution is -0.0508. The van der Waals surface area contributed by atoms with E-state index in [1.165, 1.54) is 0 Å². The van der Waals surface area contributed by atoms with Crippen molar-refractivity contribution in [1.82, 2.24) is 4.90 Å². The van der Waals surface area contributed by atoms with Gasteiger partial charge in [-0.1, -0.05) is 19.9 Å². The minimum absolute atomic E-state index is 0.0793. The average Bonchev–Trinajstić information content (AvgIpc) is 2.37. The van der Waals surface area contributed by atoms with Crippen LogP contribution in [0.5, 0.6) is 5.75 Å². The second kappa shape index (κ2) is 6.28. The lowest BCUT2D eigenvalue weighted by Gasteiger charge is -2.35. The third-order valence-electron chi connectivity index (χ3n) is 3.98. The van der Waals surface area contributed by atoms with Crippen molar-refractivity contribution in [3.63, 3.8) is 0 Å². The van der Waals surface area contributed by atoms with Crippen LogP contribution in [0.25, 0.3) is 0 Å². The van der Waals surface area contributed by atoms with Gasteiger partial charge in [-0.05, 0) is 42.5 Å². The fourth-order valence-electron chi connectivity index (χ4n) is 2.75. The second-order valence-electron chi connectivity index (χ2n) is 6.16. The van der Waals surface area contributed by atoms with Crippen LogP contribution in [0.3, 0.4) is 0 Å². The van der Waals surface area contributed by atoms with Crippen LogP contribution in [0, 0.1) is 0 Å². The zero-order chi connectivity index (χ0) is 15.7. The molecule has 0 amide bonds. The molecule has 1 aliphatic heterocycles. The number of β-amino-alcohol motifs (C(OH)–C–C–N with tert-alkyl or cyclic N) is 1. The number of aliphatic hydroxyl groups excluding tert-OH is 1. The monoisotopic (exact) mass is 299 g/mol. The topological polar surface area (TPSA) is 32.7 Å². The third kappa shape index (κ3) is 3.52. The van der Waals surface area contributed by atoms with Crippen molar-refractivity contribution < 1.29 is 18.6 Å². The lowest BCUT2D eigenvalue weighted by Crippen LogP contribution is -2.38. The maximum atomic E-state index is 12.6. The minimum Gasteiger partial charge on any atom is -0.435 e. The van der Waals surface area contributed by atoms with Crippen LogP contribution < -0.4 is 4.74 Å². The van der Waals surface area contributed by atoms with Crippen LogP contribution in [0.4, 0.5) is 8.78 Å². The Bertz CT molecular complexity index is 503. The highest BCUT2D eigenvalue weighted by Crippen LogP contribution is 2.36. The average molecular weight is 299 g/mol. The standard InChI is InChI=1S/C16H23F2NO2/c1-9(2)12-5-11-7-19(10(3)4)8-14(20)13(11)6-15(12)21-16(17)18/h5-6,9-10,14,16,20H,7-8H2,1-4H3. The molecular formula is C16H23F2NO2. The Morgan fingerprint density at radius 3 is 2.43 bits per heavy atom. The molecule has 1 N–H and O–H groups in total. The Morgan fingerprint density at radius 2 is 1.90 bits per heavy atom. The van der Waals surface area contributed by atoms with Crippen molar-refractivity contribution in [2.24, 2.45) is 0 Å². The fourth-order valence-corrected chi connectivity index (χ4v) is 2.75. The Balaban J connectivity index is 2.43. The van der Waals surface area contributed by atoms with E-state index in [1.54, 1.807) is 6.07 Å². The predicted octanol–water partition coefficient (Wildman–Crippen LogP) is 3.67. The molecular weight excluding hydrogens is 276 g/mol. The van der Waals surface area contributed by atoms with E-state index in [2.05, 4.69) is 23.5 Å². The number of nitrogens with zero attached hydrogens (tertiary/aromatic N) is 1. The van der Waals surface area contributed by atoms with Gasteiger partial charge in [-0.2, -0.15) is 8.78 Å². The van der Waals surface area contributed by atoms with Crippen molar-refractivity contribution in [3.8, 4) is 5.75 Å². The van der Waals surface area contributed by atoms with Gasteiger partial charge in [0, 0.05) is 19.1 Å². The summed E-state index contributed by atoms with van der Waals surface area (Å²) < 4.78 is 29.8. The van der Waals surface area contributed by atoms with Gasteiger partial charge in [0.15, 0.2) is 0 Å². The van der Waals surface area contributed by atoms with Crippen LogP contribution in [0.15, 0.2) is 12.1 Å². The van der Waals surface area contributed by atoms with Gasteiger partial charge in [0.05, 0.1) is 6.10 Å². The summed E-state index contributed by atoms with van der Waals surface area (Å²) in [6.07, 6.45) is -0.669. The highest BCUT2D eigenvalue weighted by Gasteiger charge is 2.27. The Labute approximate surface area is 124 Å². The van der Waals surface area contributed by atoms with Crippen LogP contribution in [-0.2, 0) is 6.54 Å². The first kappa shape index (κ1) is 16.2. The largest absolute Gasteiger partial charge is 0.435 e. The molecule has 1 heterocycles. The van der Waals surface area contributed by atoms with E-state index in [0.717, 1.165) is 17.7 Å². The molecule has 0 aromatic heterocycles. The molecule has 2 rings (SSSR count). The number of benzene rings is 1. The molecule has 1 unspecified atom stereocenters. The number of aliphatic hydroxyl groups is 1. The number of alkyl halides is 2. The molecule has 0 saturated carbocycles. The molecule has 5 heteroatoms. The summed E-state index contributed by atoms with van der Waals surface area (Å²) in [6.45, 7) is 6.43. The van der Waals surface area contributed by atoms with E-state index in [1.807, 2.05) is 19.9 Å². The molecule has 0 spiro atoms. The second-order valence-corrected chi connectivity index (χ2v) is 6.16. The van der Waals surface area contributed by atoms with E-state index in [4.69, 9.17) is 0 Å². The molecule has 0 fully saturated rings. The van der Waals surface area contributed by atoms with E-state index in [0.29, 0.717) is 18.2 Å². The maximum absolute atomic E-state index is 12.6. The van der Waals surface area contributed by atoms with Gasteiger partial charge < -0.3 is 9.84 Å². The molecule has 21 heavy (non-hydrogen) atoms. The Morgan fingerprint density at radius 1 is 1.24 bits per heavy atom. The molecule has 0 saturated heterocycles.